The van der Waals surface area contributed by atoms with Crippen molar-refractivity contribution >= 4 is 33.4 Å². The molecule has 2 aromatic rings. The highest BCUT2D eigenvalue weighted by molar-refractivity contribution is 7.92. The zero-order valence-corrected chi connectivity index (χ0v) is 21.1. The molecule has 0 unspecified atom stereocenters. The van der Waals surface area contributed by atoms with Crippen LogP contribution in [0.15, 0.2) is 41.6 Å². The molecular weight excluding hydrogens is 494 g/mol. The molecule has 2 aliphatic rings. The molecule has 1 N–H and O–H groups in total. The number of halogens is 1. The van der Waals surface area contributed by atoms with Crippen LogP contribution < -0.4 is 5.32 Å². The summed E-state index contributed by atoms with van der Waals surface area (Å²) in [6.07, 6.45) is 3.37. The molecule has 10 nitrogen and oxygen atoms in total. The third-order valence-corrected chi connectivity index (χ3v) is 8.56. The van der Waals surface area contributed by atoms with Crippen LogP contribution in [0.3, 0.4) is 0 Å². The van der Waals surface area contributed by atoms with Crippen molar-refractivity contribution in [3.8, 4) is 11.8 Å². The van der Waals surface area contributed by atoms with Crippen LogP contribution in [0, 0.1) is 11.3 Å². The first-order valence-electron chi connectivity index (χ1n) is 11.1. The summed E-state index contributed by atoms with van der Waals surface area (Å²) in [5.74, 6) is -0.576. The van der Waals surface area contributed by atoms with Crippen molar-refractivity contribution in [1.82, 2.24) is 20.0 Å². The van der Waals surface area contributed by atoms with Crippen molar-refractivity contribution in [2.24, 2.45) is 0 Å². The summed E-state index contributed by atoms with van der Waals surface area (Å²) < 4.78 is 34.1. The van der Waals surface area contributed by atoms with Gasteiger partial charge in [0.2, 0.25) is 5.91 Å². The summed E-state index contributed by atoms with van der Waals surface area (Å²) in [6, 6.07) is 7.18. The number of hydrogen-bond acceptors (Lipinski definition) is 7. The second kappa shape index (κ2) is 8.84. The summed E-state index contributed by atoms with van der Waals surface area (Å²) in [5, 5.41) is 15.0. The molecule has 0 bridgehead atoms. The van der Waals surface area contributed by atoms with Crippen LogP contribution in [-0.2, 0) is 19.4 Å². The third kappa shape index (κ3) is 5.13. The maximum Gasteiger partial charge on any atom is 0.411 e. The van der Waals surface area contributed by atoms with Gasteiger partial charge in [0.05, 0.1) is 26.9 Å². The van der Waals surface area contributed by atoms with Crippen molar-refractivity contribution in [3.05, 3.63) is 41.7 Å². The Bertz CT molecular complexity index is 1290. The Morgan fingerprint density at radius 1 is 1.31 bits per heavy atom. The molecule has 4 rings (SSSR count). The largest absolute Gasteiger partial charge is 0.444 e. The number of nitrogens with zero attached hydrogens (tertiary/aromatic N) is 4. The molecule has 0 radical (unpaired) electrons. The minimum absolute atomic E-state index is 0.0103. The van der Waals surface area contributed by atoms with Gasteiger partial charge in [-0.05, 0) is 64.3 Å². The summed E-state index contributed by atoms with van der Waals surface area (Å²) >= 11 is 6.37. The fourth-order valence-corrected chi connectivity index (χ4v) is 6.20. The number of nitriles is 1. The van der Waals surface area contributed by atoms with E-state index in [0.717, 1.165) is 4.90 Å². The molecule has 12 heteroatoms. The maximum atomic E-state index is 13.6. The van der Waals surface area contributed by atoms with E-state index in [1.807, 2.05) is 0 Å². The number of hydrogen-bond donors (Lipinski definition) is 1. The highest BCUT2D eigenvalue weighted by atomic mass is 35.5. The number of rotatable bonds is 5. The summed E-state index contributed by atoms with van der Waals surface area (Å²) in [5.41, 5.74) is -1.21. The number of carbonyl (C=O) groups is 2. The monoisotopic (exact) mass is 519 g/mol. The number of benzene rings is 1. The fraction of sp³-hybridized carbons (Fsp3) is 0.478. The highest BCUT2D eigenvalue weighted by Gasteiger charge is 2.51. The summed E-state index contributed by atoms with van der Waals surface area (Å²) in [7, 11) is -4.02. The summed E-state index contributed by atoms with van der Waals surface area (Å²) in [4.78, 5) is 27.0. The molecule has 1 aromatic carbocycles. The van der Waals surface area contributed by atoms with Crippen molar-refractivity contribution in [1.29, 1.82) is 5.26 Å². The van der Waals surface area contributed by atoms with Crippen LogP contribution in [-0.4, -0.2) is 64.1 Å². The summed E-state index contributed by atoms with van der Waals surface area (Å²) in [6.45, 7) is 4.80. The van der Waals surface area contributed by atoms with Gasteiger partial charge in [0.15, 0.2) is 9.84 Å². The Balaban J connectivity index is 1.62. The minimum atomic E-state index is -4.02. The van der Waals surface area contributed by atoms with Gasteiger partial charge in [-0.1, -0.05) is 11.6 Å². The van der Waals surface area contributed by atoms with Gasteiger partial charge in [-0.25, -0.2) is 17.9 Å². The molecule has 35 heavy (non-hydrogen) atoms. The molecule has 186 valence electrons. The zero-order chi connectivity index (χ0) is 25.6. The first-order valence-corrected chi connectivity index (χ1v) is 13.0. The lowest BCUT2D eigenvalue weighted by Crippen LogP contribution is -2.50. The lowest BCUT2D eigenvalue weighted by atomic mass is 10.2. The van der Waals surface area contributed by atoms with Crippen LogP contribution in [0.25, 0.3) is 5.69 Å². The van der Waals surface area contributed by atoms with E-state index in [2.05, 4.69) is 16.5 Å². The van der Waals surface area contributed by atoms with Crippen LogP contribution >= 0.6 is 11.6 Å². The molecule has 2 amide bonds. The van der Waals surface area contributed by atoms with Crippen molar-refractivity contribution in [2.45, 2.75) is 67.4 Å². The van der Waals surface area contributed by atoms with Gasteiger partial charge in [-0.2, -0.15) is 10.4 Å². The number of amides is 2. The van der Waals surface area contributed by atoms with Crippen LogP contribution in [0.4, 0.5) is 4.79 Å². The van der Waals surface area contributed by atoms with Gasteiger partial charge >= 0.3 is 6.09 Å². The molecule has 1 saturated carbocycles. The van der Waals surface area contributed by atoms with Crippen LogP contribution in [0.1, 0.15) is 40.0 Å². The molecule has 1 aromatic heterocycles. The van der Waals surface area contributed by atoms with Crippen LogP contribution in [0.2, 0.25) is 5.02 Å². The Labute approximate surface area is 208 Å². The van der Waals surface area contributed by atoms with E-state index in [9.17, 15) is 23.3 Å². The predicted molar refractivity (Wildman–Crippen MR) is 127 cm³/mol. The van der Waals surface area contributed by atoms with E-state index in [1.54, 1.807) is 50.0 Å². The molecule has 0 spiro atoms. The van der Waals surface area contributed by atoms with Gasteiger partial charge in [-0.15, -0.1) is 0 Å². The Kier molecular flexibility index (Phi) is 6.32. The fourth-order valence-electron chi connectivity index (χ4n) is 3.97. The predicted octanol–water partition coefficient (Wildman–Crippen LogP) is 2.85. The van der Waals surface area contributed by atoms with Crippen LogP contribution in [0.5, 0.6) is 0 Å². The van der Waals surface area contributed by atoms with Gasteiger partial charge in [0.1, 0.15) is 17.2 Å². The first-order chi connectivity index (χ1) is 16.3. The van der Waals surface area contributed by atoms with E-state index in [4.69, 9.17) is 16.3 Å². The molecule has 2 fully saturated rings. The van der Waals surface area contributed by atoms with Crippen molar-refractivity contribution < 1.29 is 22.7 Å². The van der Waals surface area contributed by atoms with Gasteiger partial charge < -0.3 is 10.1 Å². The van der Waals surface area contributed by atoms with Crippen molar-refractivity contribution in [3.63, 3.8) is 0 Å². The van der Waals surface area contributed by atoms with E-state index in [-0.39, 0.29) is 22.9 Å². The smallest absolute Gasteiger partial charge is 0.411 e. The number of nitrogens with one attached hydrogen (secondary N) is 1. The average Bonchev–Trinajstić information content (AvgIpc) is 3.18. The number of likely N-dealkylation sites (tertiary alicyclic amines) is 1. The minimum Gasteiger partial charge on any atom is -0.444 e. The Hall–Kier alpha value is -3.10. The standard InChI is InChI=1S/C23H26ClN5O5S/c1-22(2,3)34-21(31)28-13-16(12-18(28)20(30)27-23(14-25)7-8-23)35(32,33)19-6-5-15(11-17(19)24)29-10-4-9-26-29/h4-6,9-11,16,18H,7-8,12-13H2,1-3H3,(H,27,30)/t16-,18-/m1/s1. The maximum absolute atomic E-state index is 13.6. The number of sulfone groups is 1. The van der Waals surface area contributed by atoms with E-state index >= 15 is 0 Å². The van der Waals surface area contributed by atoms with E-state index in [1.165, 1.54) is 12.1 Å². The number of aromatic nitrogens is 2. The lowest BCUT2D eigenvalue weighted by Gasteiger charge is -2.28. The van der Waals surface area contributed by atoms with Gasteiger partial charge in [-0.3, -0.25) is 9.69 Å². The van der Waals surface area contributed by atoms with Crippen molar-refractivity contribution in [2.75, 3.05) is 6.54 Å². The van der Waals surface area contributed by atoms with Gasteiger partial charge in [0.25, 0.3) is 0 Å². The topological polar surface area (TPSA) is 134 Å². The highest BCUT2D eigenvalue weighted by Crippen LogP contribution is 2.37. The molecule has 1 aliphatic heterocycles. The Morgan fingerprint density at radius 3 is 2.57 bits per heavy atom. The second-order valence-electron chi connectivity index (χ2n) is 9.80. The number of carbonyl (C=O) groups excluding carboxylic acids is 2. The molecule has 1 saturated heterocycles. The third-order valence-electron chi connectivity index (χ3n) is 5.95. The Morgan fingerprint density at radius 2 is 2.03 bits per heavy atom. The van der Waals surface area contributed by atoms with Gasteiger partial charge in [0, 0.05) is 18.9 Å². The zero-order valence-electron chi connectivity index (χ0n) is 19.6. The second-order valence-corrected chi connectivity index (χ2v) is 12.4. The quantitative estimate of drug-likeness (QED) is 0.641. The normalized spacial score (nSPS) is 21.3. The lowest BCUT2D eigenvalue weighted by molar-refractivity contribution is -0.126. The molecule has 2 heterocycles. The SMILES string of the molecule is CC(C)(C)OC(=O)N1C[C@H](S(=O)(=O)c2ccc(-n3cccn3)cc2Cl)C[C@@H]1C(=O)NC1(C#N)CC1. The molecule has 2 atom stereocenters. The number of ether oxygens (including phenoxy) is 1. The van der Waals surface area contributed by atoms with E-state index < -0.39 is 44.3 Å². The average molecular weight is 520 g/mol. The molecular formula is C23H26ClN5O5S. The first kappa shape index (κ1) is 25.0. The molecule has 1 aliphatic carbocycles. The van der Waals surface area contributed by atoms with E-state index in [0.29, 0.717) is 18.5 Å².